The summed E-state index contributed by atoms with van der Waals surface area (Å²) in [5.74, 6) is 2.06. The summed E-state index contributed by atoms with van der Waals surface area (Å²) in [5.41, 5.74) is 8.10. The number of guanidine groups is 1. The molecule has 0 spiro atoms. The van der Waals surface area contributed by atoms with Gasteiger partial charge in [0.05, 0.1) is 6.54 Å². The average molecular weight is 440 g/mol. The van der Waals surface area contributed by atoms with Crippen molar-refractivity contribution < 1.29 is 0 Å². The molecular formula is C17H25IN6. The zero-order valence-electron chi connectivity index (χ0n) is 14.0. The minimum Gasteiger partial charge on any atom is -0.370 e. The molecule has 1 aromatic heterocycles. The van der Waals surface area contributed by atoms with Crippen LogP contribution in [0.15, 0.2) is 29.3 Å². The van der Waals surface area contributed by atoms with Crippen molar-refractivity contribution in [2.75, 3.05) is 0 Å². The molecule has 0 amide bonds. The smallest absolute Gasteiger partial charge is 0.189 e. The van der Waals surface area contributed by atoms with Gasteiger partial charge in [0.2, 0.25) is 0 Å². The Labute approximate surface area is 159 Å². The molecule has 0 saturated heterocycles. The summed E-state index contributed by atoms with van der Waals surface area (Å²) in [6.45, 7) is 2.45. The Morgan fingerprint density at radius 2 is 2.12 bits per heavy atom. The lowest BCUT2D eigenvalue weighted by molar-refractivity contribution is 0.412. The second-order valence-corrected chi connectivity index (χ2v) is 6.13. The number of nitrogens with one attached hydrogen (secondary N) is 2. The Hall–Kier alpha value is -1.64. The predicted octanol–water partition coefficient (Wildman–Crippen LogP) is 3.14. The summed E-state index contributed by atoms with van der Waals surface area (Å²) in [5, 5.41) is 10.4. The van der Waals surface area contributed by atoms with Crippen LogP contribution in [0.4, 0.5) is 0 Å². The van der Waals surface area contributed by atoms with Gasteiger partial charge in [-0.2, -0.15) is 5.10 Å². The van der Waals surface area contributed by atoms with Gasteiger partial charge in [0, 0.05) is 11.6 Å². The standard InChI is InChI=1S/C17H24N6.HI/c1-12-20-16(23-22-12)14-7-5-6-13(10-14)11-19-17(18)21-15-8-3-2-4-9-15;/h5-7,10,15H,2-4,8-9,11H2,1H3,(H3,18,19,21)(H,20,22,23);1H. The molecule has 130 valence electrons. The first-order chi connectivity index (χ1) is 11.2. The number of aryl methyl sites for hydroxylation is 1. The van der Waals surface area contributed by atoms with E-state index < -0.39 is 0 Å². The average Bonchev–Trinajstić information content (AvgIpc) is 3.01. The van der Waals surface area contributed by atoms with Gasteiger partial charge in [0.1, 0.15) is 5.82 Å². The molecule has 1 aliphatic carbocycles. The fourth-order valence-corrected chi connectivity index (χ4v) is 2.96. The Bertz CT molecular complexity index is 675. The monoisotopic (exact) mass is 440 g/mol. The number of halogens is 1. The number of hydrogen-bond donors (Lipinski definition) is 3. The number of nitrogens with zero attached hydrogens (tertiary/aromatic N) is 3. The van der Waals surface area contributed by atoms with Crippen LogP contribution in [0.1, 0.15) is 43.5 Å². The van der Waals surface area contributed by atoms with E-state index in [4.69, 9.17) is 5.73 Å². The minimum atomic E-state index is 0. The highest BCUT2D eigenvalue weighted by atomic mass is 127. The molecule has 1 aliphatic rings. The molecule has 3 rings (SSSR count). The van der Waals surface area contributed by atoms with Crippen molar-refractivity contribution >= 4 is 29.9 Å². The maximum atomic E-state index is 6.01. The van der Waals surface area contributed by atoms with E-state index in [0.717, 1.165) is 17.0 Å². The zero-order valence-corrected chi connectivity index (χ0v) is 16.3. The van der Waals surface area contributed by atoms with Crippen molar-refractivity contribution in [2.24, 2.45) is 10.7 Å². The number of aliphatic imine (C=N–C) groups is 1. The highest BCUT2D eigenvalue weighted by Crippen LogP contribution is 2.18. The fourth-order valence-electron chi connectivity index (χ4n) is 2.96. The Morgan fingerprint density at radius 1 is 1.33 bits per heavy atom. The van der Waals surface area contributed by atoms with E-state index in [1.54, 1.807) is 0 Å². The highest BCUT2D eigenvalue weighted by Gasteiger charge is 2.13. The first kappa shape index (κ1) is 18.7. The van der Waals surface area contributed by atoms with E-state index in [1.807, 2.05) is 25.1 Å². The molecule has 0 radical (unpaired) electrons. The molecule has 4 N–H and O–H groups in total. The van der Waals surface area contributed by atoms with Crippen LogP contribution in [0.25, 0.3) is 11.4 Å². The number of H-pyrrole nitrogens is 1. The Balaban J connectivity index is 0.00000208. The molecule has 0 aliphatic heterocycles. The van der Waals surface area contributed by atoms with Crippen molar-refractivity contribution in [1.29, 1.82) is 0 Å². The summed E-state index contributed by atoms with van der Waals surface area (Å²) in [6.07, 6.45) is 6.28. The summed E-state index contributed by atoms with van der Waals surface area (Å²) < 4.78 is 0. The fraction of sp³-hybridized carbons (Fsp3) is 0.471. The van der Waals surface area contributed by atoms with Crippen LogP contribution in [-0.2, 0) is 6.54 Å². The second kappa shape index (κ2) is 9.00. The van der Waals surface area contributed by atoms with Crippen LogP contribution < -0.4 is 11.1 Å². The summed E-state index contributed by atoms with van der Waals surface area (Å²) >= 11 is 0. The predicted molar refractivity (Wildman–Crippen MR) is 107 cm³/mol. The summed E-state index contributed by atoms with van der Waals surface area (Å²) in [6, 6.07) is 8.58. The maximum absolute atomic E-state index is 6.01. The van der Waals surface area contributed by atoms with E-state index in [0.29, 0.717) is 24.4 Å². The number of aromatic nitrogens is 3. The number of nitrogens with two attached hydrogens (primary N) is 1. The number of aromatic amines is 1. The van der Waals surface area contributed by atoms with Crippen molar-refractivity contribution in [1.82, 2.24) is 20.5 Å². The molecule has 0 bridgehead atoms. The number of hydrogen-bond acceptors (Lipinski definition) is 3. The lowest BCUT2D eigenvalue weighted by Gasteiger charge is -2.23. The van der Waals surface area contributed by atoms with Crippen LogP contribution in [-0.4, -0.2) is 27.2 Å². The Morgan fingerprint density at radius 3 is 2.83 bits per heavy atom. The molecule has 1 saturated carbocycles. The lowest BCUT2D eigenvalue weighted by atomic mass is 9.96. The molecule has 24 heavy (non-hydrogen) atoms. The van der Waals surface area contributed by atoms with Gasteiger partial charge >= 0.3 is 0 Å². The topological polar surface area (TPSA) is 92.0 Å². The minimum absolute atomic E-state index is 0. The van der Waals surface area contributed by atoms with Gasteiger partial charge in [-0.3, -0.25) is 5.10 Å². The number of rotatable bonds is 4. The van der Waals surface area contributed by atoms with Gasteiger partial charge in [0.15, 0.2) is 11.8 Å². The molecule has 1 fully saturated rings. The second-order valence-electron chi connectivity index (χ2n) is 6.13. The Kier molecular flexibility index (Phi) is 7.01. The van der Waals surface area contributed by atoms with Crippen LogP contribution in [0.2, 0.25) is 0 Å². The largest absolute Gasteiger partial charge is 0.370 e. The van der Waals surface area contributed by atoms with Crippen LogP contribution in [0.5, 0.6) is 0 Å². The molecule has 0 atom stereocenters. The van der Waals surface area contributed by atoms with E-state index in [2.05, 4.69) is 31.6 Å². The lowest BCUT2D eigenvalue weighted by Crippen LogP contribution is -2.41. The maximum Gasteiger partial charge on any atom is 0.189 e. The van der Waals surface area contributed by atoms with Gasteiger partial charge in [-0.05, 0) is 31.4 Å². The van der Waals surface area contributed by atoms with Crippen LogP contribution >= 0.6 is 24.0 Å². The summed E-state index contributed by atoms with van der Waals surface area (Å²) in [4.78, 5) is 8.82. The first-order valence-electron chi connectivity index (χ1n) is 8.25. The van der Waals surface area contributed by atoms with Crippen molar-refractivity contribution in [2.45, 2.75) is 51.6 Å². The van der Waals surface area contributed by atoms with Crippen molar-refractivity contribution in [3.05, 3.63) is 35.7 Å². The SMILES string of the molecule is Cc1nc(-c2cccc(CN=C(N)NC3CCCCC3)c2)n[nH]1.I. The molecule has 0 unspecified atom stereocenters. The number of benzene rings is 1. The molecule has 2 aromatic rings. The molecule has 1 heterocycles. The van der Waals surface area contributed by atoms with Gasteiger partial charge in [-0.1, -0.05) is 37.5 Å². The zero-order chi connectivity index (χ0) is 16.1. The van der Waals surface area contributed by atoms with Gasteiger partial charge in [-0.25, -0.2) is 9.98 Å². The molecule has 1 aromatic carbocycles. The van der Waals surface area contributed by atoms with Crippen molar-refractivity contribution in [3.63, 3.8) is 0 Å². The third-order valence-corrected chi connectivity index (χ3v) is 4.17. The third kappa shape index (κ3) is 5.19. The quantitative estimate of drug-likeness (QED) is 0.387. The van der Waals surface area contributed by atoms with Gasteiger partial charge < -0.3 is 11.1 Å². The highest BCUT2D eigenvalue weighted by molar-refractivity contribution is 14.0. The molecule has 7 heteroatoms. The van der Waals surface area contributed by atoms with Crippen LogP contribution in [0.3, 0.4) is 0 Å². The van der Waals surface area contributed by atoms with Gasteiger partial charge in [0.25, 0.3) is 0 Å². The van der Waals surface area contributed by atoms with E-state index in [9.17, 15) is 0 Å². The first-order valence-corrected chi connectivity index (χ1v) is 8.25. The van der Waals surface area contributed by atoms with Crippen LogP contribution in [0, 0.1) is 6.92 Å². The normalized spacial score (nSPS) is 15.8. The molecular weight excluding hydrogens is 415 g/mol. The molecule has 6 nitrogen and oxygen atoms in total. The van der Waals surface area contributed by atoms with E-state index in [-0.39, 0.29) is 24.0 Å². The summed E-state index contributed by atoms with van der Waals surface area (Å²) in [7, 11) is 0. The third-order valence-electron chi connectivity index (χ3n) is 4.17. The van der Waals surface area contributed by atoms with E-state index in [1.165, 1.54) is 32.1 Å². The van der Waals surface area contributed by atoms with Crippen molar-refractivity contribution in [3.8, 4) is 11.4 Å². The van der Waals surface area contributed by atoms with Gasteiger partial charge in [-0.15, -0.1) is 24.0 Å². The van der Waals surface area contributed by atoms with E-state index >= 15 is 0 Å².